The van der Waals surface area contributed by atoms with Crippen LogP contribution in [0.2, 0.25) is 0 Å². The number of hydrogen-bond acceptors (Lipinski definition) is 1. The zero-order valence-electron chi connectivity index (χ0n) is 10.9. The van der Waals surface area contributed by atoms with Gasteiger partial charge in [-0.2, -0.15) is 0 Å². The number of halogens is 1. The lowest BCUT2D eigenvalue weighted by molar-refractivity contribution is 0.565. The average Bonchev–Trinajstić information content (AvgIpc) is 2.80. The fourth-order valence-corrected chi connectivity index (χ4v) is 2.34. The zero-order chi connectivity index (χ0) is 12.3. The van der Waals surface area contributed by atoms with E-state index in [1.165, 1.54) is 44.9 Å². The molecule has 2 nitrogen and oxygen atoms in total. The summed E-state index contributed by atoms with van der Waals surface area (Å²) in [6.07, 6.45) is 15.0. The Hall–Kier alpha value is -0.500. The fourth-order valence-electron chi connectivity index (χ4n) is 2.04. The third-order valence-electron chi connectivity index (χ3n) is 3.09. The average molecular weight is 257 g/mol. The Balaban J connectivity index is 1.92. The summed E-state index contributed by atoms with van der Waals surface area (Å²) >= 11 is 6.27. The lowest BCUT2D eigenvalue weighted by atomic mass is 10.1. The Morgan fingerprint density at radius 3 is 2.53 bits per heavy atom. The number of aromatic amines is 1. The van der Waals surface area contributed by atoms with Crippen LogP contribution in [0.5, 0.6) is 0 Å². The maximum absolute atomic E-state index is 6.27. The normalized spacial score (nSPS) is 12.8. The number of aromatic nitrogens is 2. The van der Waals surface area contributed by atoms with Gasteiger partial charge in [-0.15, -0.1) is 11.6 Å². The molecule has 0 fully saturated rings. The van der Waals surface area contributed by atoms with E-state index in [1.807, 2.05) is 6.20 Å². The second kappa shape index (κ2) is 9.52. The molecule has 0 radical (unpaired) electrons. The Bertz CT molecular complexity index is 259. The molecule has 1 heterocycles. The van der Waals surface area contributed by atoms with Crippen molar-refractivity contribution in [2.45, 2.75) is 70.1 Å². The highest BCUT2D eigenvalue weighted by Gasteiger charge is 2.06. The second-order valence-electron chi connectivity index (χ2n) is 4.75. The van der Waals surface area contributed by atoms with Crippen molar-refractivity contribution in [2.75, 3.05) is 0 Å². The van der Waals surface area contributed by atoms with E-state index in [9.17, 15) is 0 Å². The molecule has 1 rings (SSSR count). The lowest BCUT2D eigenvalue weighted by Gasteiger charge is -2.07. The molecule has 0 spiro atoms. The number of alkyl halides is 1. The van der Waals surface area contributed by atoms with E-state index in [0.717, 1.165) is 18.7 Å². The van der Waals surface area contributed by atoms with Gasteiger partial charge in [0.1, 0.15) is 5.82 Å². The molecule has 1 unspecified atom stereocenters. The minimum absolute atomic E-state index is 0.233. The molecular formula is C14H25ClN2. The fraction of sp³-hybridized carbons (Fsp3) is 0.786. The van der Waals surface area contributed by atoms with E-state index in [4.69, 9.17) is 11.6 Å². The van der Waals surface area contributed by atoms with Crippen LogP contribution in [0.1, 0.15) is 64.1 Å². The molecule has 0 saturated carbocycles. The molecule has 17 heavy (non-hydrogen) atoms. The van der Waals surface area contributed by atoms with Crippen LogP contribution < -0.4 is 0 Å². The van der Waals surface area contributed by atoms with Crippen molar-refractivity contribution in [3.8, 4) is 0 Å². The van der Waals surface area contributed by atoms with Gasteiger partial charge in [-0.1, -0.05) is 51.9 Å². The van der Waals surface area contributed by atoms with Gasteiger partial charge in [-0.3, -0.25) is 0 Å². The maximum atomic E-state index is 6.27. The van der Waals surface area contributed by atoms with Gasteiger partial charge in [-0.05, 0) is 6.42 Å². The minimum atomic E-state index is 0.233. The summed E-state index contributed by atoms with van der Waals surface area (Å²) < 4.78 is 0. The molecule has 1 aromatic rings. The molecule has 0 aliphatic rings. The summed E-state index contributed by atoms with van der Waals surface area (Å²) in [5.74, 6) is 1.01. The standard InChI is InChI=1S/C14H25ClN2/c1-2-3-4-5-6-7-8-9-13(15)12-14-16-10-11-17-14/h10-11,13H,2-9,12H2,1H3,(H,16,17). The number of nitrogens with zero attached hydrogens (tertiary/aromatic N) is 1. The summed E-state index contributed by atoms with van der Waals surface area (Å²) in [6, 6.07) is 0. The molecule has 3 heteroatoms. The van der Waals surface area contributed by atoms with Crippen molar-refractivity contribution >= 4 is 11.6 Å². The first kappa shape index (κ1) is 14.6. The third-order valence-corrected chi connectivity index (χ3v) is 3.46. The summed E-state index contributed by atoms with van der Waals surface area (Å²) in [5.41, 5.74) is 0. The molecule has 1 N–H and O–H groups in total. The predicted molar refractivity (Wildman–Crippen MR) is 74.5 cm³/mol. The second-order valence-corrected chi connectivity index (χ2v) is 5.36. The number of nitrogens with one attached hydrogen (secondary N) is 1. The van der Waals surface area contributed by atoms with Crippen LogP contribution in [0.15, 0.2) is 12.4 Å². The van der Waals surface area contributed by atoms with E-state index in [0.29, 0.717) is 0 Å². The van der Waals surface area contributed by atoms with Crippen LogP contribution in [0, 0.1) is 0 Å². The first-order chi connectivity index (χ1) is 8.33. The first-order valence-corrected chi connectivity index (χ1v) is 7.39. The molecule has 0 bridgehead atoms. The van der Waals surface area contributed by atoms with Gasteiger partial charge >= 0.3 is 0 Å². The molecule has 0 aliphatic carbocycles. The van der Waals surface area contributed by atoms with Crippen molar-refractivity contribution in [3.63, 3.8) is 0 Å². The molecule has 0 amide bonds. The molecule has 98 valence electrons. The van der Waals surface area contributed by atoms with Crippen LogP contribution >= 0.6 is 11.6 Å². The third kappa shape index (κ3) is 7.43. The molecule has 1 aromatic heterocycles. The Morgan fingerprint density at radius 1 is 1.18 bits per heavy atom. The molecule has 0 saturated heterocycles. The smallest absolute Gasteiger partial charge is 0.107 e. The summed E-state index contributed by atoms with van der Waals surface area (Å²) in [5, 5.41) is 0.233. The van der Waals surface area contributed by atoms with Gasteiger partial charge < -0.3 is 4.98 Å². The van der Waals surface area contributed by atoms with E-state index in [1.54, 1.807) is 6.20 Å². The van der Waals surface area contributed by atoms with E-state index in [-0.39, 0.29) is 5.38 Å². The molecular weight excluding hydrogens is 232 g/mol. The van der Waals surface area contributed by atoms with E-state index < -0.39 is 0 Å². The van der Waals surface area contributed by atoms with Gasteiger partial charge in [0.25, 0.3) is 0 Å². The van der Waals surface area contributed by atoms with Crippen LogP contribution in [0.25, 0.3) is 0 Å². The van der Waals surface area contributed by atoms with E-state index in [2.05, 4.69) is 16.9 Å². The van der Waals surface area contributed by atoms with Crippen molar-refractivity contribution in [1.29, 1.82) is 0 Å². The highest BCUT2D eigenvalue weighted by atomic mass is 35.5. The number of hydrogen-bond donors (Lipinski definition) is 1. The van der Waals surface area contributed by atoms with Crippen molar-refractivity contribution in [1.82, 2.24) is 9.97 Å². The number of imidazole rings is 1. The lowest BCUT2D eigenvalue weighted by Crippen LogP contribution is -2.04. The van der Waals surface area contributed by atoms with Gasteiger partial charge in [0.15, 0.2) is 0 Å². The monoisotopic (exact) mass is 256 g/mol. The molecule has 1 atom stereocenters. The highest BCUT2D eigenvalue weighted by Crippen LogP contribution is 2.14. The Kier molecular flexibility index (Phi) is 8.16. The van der Waals surface area contributed by atoms with Crippen molar-refractivity contribution in [2.24, 2.45) is 0 Å². The first-order valence-electron chi connectivity index (χ1n) is 6.95. The number of unbranched alkanes of at least 4 members (excludes halogenated alkanes) is 6. The zero-order valence-corrected chi connectivity index (χ0v) is 11.7. The predicted octanol–water partition coefficient (Wildman–Crippen LogP) is 4.70. The van der Waals surface area contributed by atoms with Crippen LogP contribution in [-0.2, 0) is 6.42 Å². The quantitative estimate of drug-likeness (QED) is 0.477. The van der Waals surface area contributed by atoms with Crippen molar-refractivity contribution in [3.05, 3.63) is 18.2 Å². The maximum Gasteiger partial charge on any atom is 0.107 e. The van der Waals surface area contributed by atoms with Gasteiger partial charge in [0.2, 0.25) is 0 Å². The topological polar surface area (TPSA) is 28.7 Å². The van der Waals surface area contributed by atoms with Crippen LogP contribution in [0.3, 0.4) is 0 Å². The largest absolute Gasteiger partial charge is 0.349 e. The summed E-state index contributed by atoms with van der Waals surface area (Å²) in [7, 11) is 0. The van der Waals surface area contributed by atoms with Gasteiger partial charge in [-0.25, -0.2) is 4.98 Å². The number of rotatable bonds is 10. The van der Waals surface area contributed by atoms with Gasteiger partial charge in [0.05, 0.1) is 0 Å². The van der Waals surface area contributed by atoms with E-state index >= 15 is 0 Å². The molecule has 0 aromatic carbocycles. The highest BCUT2D eigenvalue weighted by molar-refractivity contribution is 6.20. The Morgan fingerprint density at radius 2 is 1.88 bits per heavy atom. The summed E-state index contributed by atoms with van der Waals surface area (Å²) in [4.78, 5) is 7.29. The van der Waals surface area contributed by atoms with Crippen LogP contribution in [0.4, 0.5) is 0 Å². The van der Waals surface area contributed by atoms with Crippen LogP contribution in [-0.4, -0.2) is 15.3 Å². The summed E-state index contributed by atoms with van der Waals surface area (Å²) in [6.45, 7) is 2.26. The Labute approximate surface area is 110 Å². The molecule has 0 aliphatic heterocycles. The van der Waals surface area contributed by atoms with Crippen molar-refractivity contribution < 1.29 is 0 Å². The SMILES string of the molecule is CCCCCCCCCC(Cl)Cc1ncc[nH]1. The number of H-pyrrole nitrogens is 1. The minimum Gasteiger partial charge on any atom is -0.349 e. The van der Waals surface area contributed by atoms with Gasteiger partial charge in [0, 0.05) is 24.2 Å².